The van der Waals surface area contributed by atoms with E-state index < -0.39 is 15.8 Å². The molecule has 0 amide bonds. The molecule has 1 aliphatic rings. The summed E-state index contributed by atoms with van der Waals surface area (Å²) >= 11 is 0. The van der Waals surface area contributed by atoms with Crippen LogP contribution in [0.4, 0.5) is 5.95 Å². The first-order valence-electron chi connectivity index (χ1n) is 8.63. The van der Waals surface area contributed by atoms with Gasteiger partial charge in [0.25, 0.3) is 0 Å². The van der Waals surface area contributed by atoms with Crippen LogP contribution in [-0.4, -0.2) is 36.5 Å². The zero-order valence-corrected chi connectivity index (χ0v) is 15.5. The lowest BCUT2D eigenvalue weighted by molar-refractivity contribution is 0.555. The Morgan fingerprint density at radius 2 is 2.00 bits per heavy atom. The maximum atomic E-state index is 12.6. The van der Waals surface area contributed by atoms with Crippen molar-refractivity contribution in [3.05, 3.63) is 46.2 Å². The maximum Gasteiger partial charge on any atom is 0.417 e. The molecule has 0 radical (unpaired) electrons. The molecular weight excluding hydrogens is 370 g/mol. The number of hydrogen-bond acceptors (Lipinski definition) is 7. The minimum atomic E-state index is -3.77. The Hall–Kier alpha value is -2.72. The second kappa shape index (κ2) is 6.78. The van der Waals surface area contributed by atoms with Crippen LogP contribution < -0.4 is 15.4 Å². The molecular formula is C17H19N5O4S. The van der Waals surface area contributed by atoms with Gasteiger partial charge in [-0.1, -0.05) is 0 Å². The molecule has 1 fully saturated rings. The maximum absolute atomic E-state index is 12.6. The molecule has 0 atom stereocenters. The fourth-order valence-electron chi connectivity index (χ4n) is 3.12. The van der Waals surface area contributed by atoms with E-state index in [4.69, 9.17) is 4.42 Å². The van der Waals surface area contributed by atoms with Crippen molar-refractivity contribution in [1.29, 1.82) is 0 Å². The Labute approximate surface area is 155 Å². The first-order chi connectivity index (χ1) is 12.9. The van der Waals surface area contributed by atoms with E-state index >= 15 is 0 Å². The number of H-pyrrole nitrogens is 1. The molecule has 27 heavy (non-hydrogen) atoms. The van der Waals surface area contributed by atoms with Crippen LogP contribution in [0.25, 0.3) is 11.1 Å². The van der Waals surface area contributed by atoms with Crippen LogP contribution in [0.1, 0.15) is 24.2 Å². The second-order valence-electron chi connectivity index (χ2n) is 6.49. The second-order valence-corrected chi connectivity index (χ2v) is 8.26. The molecule has 9 nitrogen and oxygen atoms in total. The normalized spacial score (nSPS) is 14.9. The zero-order valence-electron chi connectivity index (χ0n) is 14.7. The molecule has 3 aromatic rings. The molecule has 3 heterocycles. The largest absolute Gasteiger partial charge is 0.417 e. The molecule has 2 N–H and O–H groups in total. The van der Waals surface area contributed by atoms with Gasteiger partial charge in [0.2, 0.25) is 16.0 Å². The van der Waals surface area contributed by atoms with Crippen molar-refractivity contribution in [3.8, 4) is 0 Å². The standard InChI is InChI=1S/C17H19N5O4S/c1-11-8-12(20-16(19-11)22-6-2-3-7-22)10-18-27(24,25)13-4-5-15-14(9-13)21-17(23)26-15/h4-5,8-9,18H,2-3,6-7,10H2,1H3,(H,21,23). The third-order valence-corrected chi connectivity index (χ3v) is 5.83. The molecule has 0 saturated carbocycles. The summed E-state index contributed by atoms with van der Waals surface area (Å²) in [5, 5.41) is 0. The quantitative estimate of drug-likeness (QED) is 0.674. The summed E-state index contributed by atoms with van der Waals surface area (Å²) in [5.74, 6) is 0.0116. The monoisotopic (exact) mass is 389 g/mol. The molecule has 1 aliphatic heterocycles. The number of fused-ring (bicyclic) bond motifs is 1. The van der Waals surface area contributed by atoms with Gasteiger partial charge in [-0.15, -0.1) is 0 Å². The van der Waals surface area contributed by atoms with E-state index in [-0.39, 0.29) is 11.4 Å². The number of nitrogens with zero attached hydrogens (tertiary/aromatic N) is 3. The zero-order chi connectivity index (χ0) is 19.0. The van der Waals surface area contributed by atoms with Gasteiger partial charge in [-0.25, -0.2) is 27.9 Å². The van der Waals surface area contributed by atoms with Crippen LogP contribution in [0.15, 0.2) is 38.4 Å². The van der Waals surface area contributed by atoms with Gasteiger partial charge in [0, 0.05) is 18.8 Å². The van der Waals surface area contributed by atoms with E-state index in [2.05, 4.69) is 24.6 Å². The van der Waals surface area contributed by atoms with Gasteiger partial charge < -0.3 is 9.32 Å². The average molecular weight is 389 g/mol. The van der Waals surface area contributed by atoms with Crippen molar-refractivity contribution in [2.45, 2.75) is 31.2 Å². The minimum absolute atomic E-state index is 0.0394. The molecule has 0 aliphatic carbocycles. The highest BCUT2D eigenvalue weighted by atomic mass is 32.2. The number of aromatic nitrogens is 3. The van der Waals surface area contributed by atoms with Crippen molar-refractivity contribution in [2.24, 2.45) is 0 Å². The third-order valence-electron chi connectivity index (χ3n) is 4.43. The van der Waals surface area contributed by atoms with Crippen LogP contribution in [0.3, 0.4) is 0 Å². The van der Waals surface area contributed by atoms with Crippen LogP contribution in [0.2, 0.25) is 0 Å². The first kappa shape index (κ1) is 17.7. The van der Waals surface area contributed by atoms with Crippen LogP contribution in [-0.2, 0) is 16.6 Å². The van der Waals surface area contributed by atoms with Gasteiger partial charge in [0.15, 0.2) is 5.58 Å². The first-order valence-corrected chi connectivity index (χ1v) is 10.1. The van der Waals surface area contributed by atoms with Crippen molar-refractivity contribution in [3.63, 3.8) is 0 Å². The third kappa shape index (κ3) is 3.71. The number of aryl methyl sites for hydroxylation is 1. The smallest absolute Gasteiger partial charge is 0.408 e. The summed E-state index contributed by atoms with van der Waals surface area (Å²) in [6, 6.07) is 5.97. The predicted molar refractivity (Wildman–Crippen MR) is 99.1 cm³/mol. The molecule has 0 unspecified atom stereocenters. The summed E-state index contributed by atoms with van der Waals surface area (Å²) < 4.78 is 32.6. The summed E-state index contributed by atoms with van der Waals surface area (Å²) in [6.45, 7) is 3.74. The van der Waals surface area contributed by atoms with Gasteiger partial charge in [-0.05, 0) is 44.0 Å². The number of benzene rings is 1. The molecule has 2 aromatic heterocycles. The van der Waals surface area contributed by atoms with Crippen molar-refractivity contribution < 1.29 is 12.8 Å². The Morgan fingerprint density at radius 3 is 2.78 bits per heavy atom. The molecule has 0 bridgehead atoms. The highest BCUT2D eigenvalue weighted by Gasteiger charge is 2.18. The number of nitrogens with one attached hydrogen (secondary N) is 2. The van der Waals surface area contributed by atoms with Crippen molar-refractivity contribution in [2.75, 3.05) is 18.0 Å². The molecule has 1 saturated heterocycles. The van der Waals surface area contributed by atoms with Crippen molar-refractivity contribution >= 4 is 27.1 Å². The average Bonchev–Trinajstić information content (AvgIpc) is 3.27. The van der Waals surface area contributed by atoms with E-state index in [1.165, 1.54) is 18.2 Å². The fourth-order valence-corrected chi connectivity index (χ4v) is 4.14. The highest BCUT2D eigenvalue weighted by Crippen LogP contribution is 2.18. The topological polar surface area (TPSA) is 121 Å². The van der Waals surface area contributed by atoms with Gasteiger partial charge in [0.05, 0.1) is 22.7 Å². The van der Waals surface area contributed by atoms with Crippen molar-refractivity contribution in [1.82, 2.24) is 19.7 Å². The number of rotatable bonds is 5. The fraction of sp³-hybridized carbons (Fsp3) is 0.353. The van der Waals surface area contributed by atoms with E-state index in [1.54, 1.807) is 6.07 Å². The Kier molecular flexibility index (Phi) is 4.44. The number of oxazole rings is 1. The summed E-state index contributed by atoms with van der Waals surface area (Å²) in [4.78, 5) is 24.8. The lowest BCUT2D eigenvalue weighted by atomic mass is 10.3. The number of hydrogen-bond donors (Lipinski definition) is 2. The van der Waals surface area contributed by atoms with E-state index in [1.807, 2.05) is 6.92 Å². The molecule has 10 heteroatoms. The number of aromatic amines is 1. The molecule has 1 aromatic carbocycles. The van der Waals surface area contributed by atoms with E-state index in [0.29, 0.717) is 22.7 Å². The summed E-state index contributed by atoms with van der Waals surface area (Å²) in [5.41, 5.74) is 2.03. The molecule has 142 valence electrons. The number of sulfonamides is 1. The lowest BCUT2D eigenvalue weighted by Crippen LogP contribution is -2.25. The van der Waals surface area contributed by atoms with E-state index in [0.717, 1.165) is 31.6 Å². The van der Waals surface area contributed by atoms with Crippen LogP contribution in [0.5, 0.6) is 0 Å². The van der Waals surface area contributed by atoms with Crippen LogP contribution in [0, 0.1) is 6.92 Å². The van der Waals surface area contributed by atoms with E-state index in [9.17, 15) is 13.2 Å². The van der Waals surface area contributed by atoms with Crippen LogP contribution >= 0.6 is 0 Å². The SMILES string of the molecule is Cc1cc(CNS(=O)(=O)c2ccc3oc(=O)[nH]c3c2)nc(N2CCCC2)n1. The summed E-state index contributed by atoms with van der Waals surface area (Å²) in [7, 11) is -3.77. The lowest BCUT2D eigenvalue weighted by Gasteiger charge is -2.16. The van der Waals surface area contributed by atoms with Gasteiger partial charge in [-0.2, -0.15) is 0 Å². The Morgan fingerprint density at radius 1 is 1.22 bits per heavy atom. The Balaban J connectivity index is 1.55. The summed E-state index contributed by atoms with van der Waals surface area (Å²) in [6.07, 6.45) is 2.22. The number of anilines is 1. The predicted octanol–water partition coefficient (Wildman–Crippen LogP) is 1.30. The molecule has 0 spiro atoms. The highest BCUT2D eigenvalue weighted by molar-refractivity contribution is 7.89. The molecule has 4 rings (SSSR count). The Bertz CT molecular complexity index is 1150. The van der Waals surface area contributed by atoms with Gasteiger partial charge in [-0.3, -0.25) is 4.98 Å². The van der Waals surface area contributed by atoms with Gasteiger partial charge >= 0.3 is 5.76 Å². The minimum Gasteiger partial charge on any atom is -0.408 e. The van der Waals surface area contributed by atoms with Gasteiger partial charge in [0.1, 0.15) is 0 Å².